The molecule has 1 amide bonds. The Morgan fingerprint density at radius 2 is 1.81 bits per heavy atom. The van der Waals surface area contributed by atoms with Gasteiger partial charge in [-0.15, -0.1) is 0 Å². The third-order valence-electron chi connectivity index (χ3n) is 5.45. The van der Waals surface area contributed by atoms with Gasteiger partial charge in [0.15, 0.2) is 11.6 Å². The van der Waals surface area contributed by atoms with E-state index in [1.807, 2.05) is 18.2 Å². The largest absolute Gasteiger partial charge is 0.487 e. The monoisotopic (exact) mass is 458 g/mol. The zero-order valence-corrected chi connectivity index (χ0v) is 17.9. The van der Waals surface area contributed by atoms with Crippen molar-refractivity contribution in [2.75, 3.05) is 13.1 Å². The molecule has 1 saturated heterocycles. The van der Waals surface area contributed by atoms with Crippen molar-refractivity contribution in [3.05, 3.63) is 98.9 Å². The first kappa shape index (κ1) is 22.0. The highest BCUT2D eigenvalue weighted by Crippen LogP contribution is 2.23. The Hall–Kier alpha value is -3.19. The summed E-state index contributed by atoms with van der Waals surface area (Å²) >= 11 is 6.20. The zero-order valence-electron chi connectivity index (χ0n) is 17.1. The summed E-state index contributed by atoms with van der Waals surface area (Å²) in [6.45, 7) is 1.12. The van der Waals surface area contributed by atoms with Crippen molar-refractivity contribution in [2.24, 2.45) is 0 Å². The van der Waals surface area contributed by atoms with Crippen molar-refractivity contribution < 1.29 is 18.3 Å². The molecule has 1 aliphatic rings. The minimum absolute atomic E-state index is 0.00262. The molecule has 0 spiro atoms. The molecule has 32 heavy (non-hydrogen) atoms. The van der Waals surface area contributed by atoms with Gasteiger partial charge in [0.25, 0.3) is 11.5 Å². The van der Waals surface area contributed by atoms with Gasteiger partial charge >= 0.3 is 0 Å². The zero-order chi connectivity index (χ0) is 22.7. The molecular weight excluding hydrogens is 438 g/mol. The highest BCUT2D eigenvalue weighted by Gasteiger charge is 2.26. The van der Waals surface area contributed by atoms with Crippen LogP contribution in [0.3, 0.4) is 0 Å². The summed E-state index contributed by atoms with van der Waals surface area (Å²) in [5, 5.41) is 0.552. The molecule has 1 fully saturated rings. The van der Waals surface area contributed by atoms with Gasteiger partial charge in [-0.05, 0) is 29.8 Å². The van der Waals surface area contributed by atoms with Crippen molar-refractivity contribution in [1.82, 2.24) is 9.47 Å². The number of rotatable bonds is 5. The number of halogens is 3. The summed E-state index contributed by atoms with van der Waals surface area (Å²) in [6.07, 6.45) is 2.31. The average Bonchev–Trinajstić information content (AvgIpc) is 2.79. The maximum absolute atomic E-state index is 13.8. The van der Waals surface area contributed by atoms with Crippen LogP contribution >= 0.6 is 11.6 Å². The summed E-state index contributed by atoms with van der Waals surface area (Å²) in [5.74, 6) is -1.59. The van der Waals surface area contributed by atoms with Crippen molar-refractivity contribution in [1.29, 1.82) is 0 Å². The van der Waals surface area contributed by atoms with Gasteiger partial charge in [0.1, 0.15) is 11.9 Å². The molecule has 0 bridgehead atoms. The van der Waals surface area contributed by atoms with E-state index in [1.54, 1.807) is 17.2 Å². The highest BCUT2D eigenvalue weighted by atomic mass is 35.5. The van der Waals surface area contributed by atoms with Crippen LogP contribution in [0.1, 0.15) is 28.8 Å². The second-order valence-corrected chi connectivity index (χ2v) is 8.07. The number of amides is 1. The molecule has 0 atom stereocenters. The van der Waals surface area contributed by atoms with E-state index >= 15 is 0 Å². The highest BCUT2D eigenvalue weighted by molar-refractivity contribution is 6.31. The molecule has 166 valence electrons. The molecule has 0 N–H and O–H groups in total. The molecule has 0 aliphatic carbocycles. The third-order valence-corrected chi connectivity index (χ3v) is 5.81. The number of benzene rings is 2. The molecule has 1 aromatic heterocycles. The Morgan fingerprint density at radius 3 is 2.53 bits per heavy atom. The molecule has 0 saturated carbocycles. The topological polar surface area (TPSA) is 51.5 Å². The number of carbonyl (C=O) groups is 1. The Labute approximate surface area is 188 Å². The van der Waals surface area contributed by atoms with Crippen LogP contribution in [0.5, 0.6) is 5.75 Å². The number of piperidine rings is 1. The summed E-state index contributed by atoms with van der Waals surface area (Å²) in [4.78, 5) is 26.9. The maximum atomic E-state index is 13.8. The van der Waals surface area contributed by atoms with E-state index in [2.05, 4.69) is 0 Å². The fourth-order valence-electron chi connectivity index (χ4n) is 3.70. The second-order valence-electron chi connectivity index (χ2n) is 7.66. The van der Waals surface area contributed by atoms with Gasteiger partial charge < -0.3 is 14.2 Å². The van der Waals surface area contributed by atoms with E-state index in [1.165, 1.54) is 22.8 Å². The lowest BCUT2D eigenvalue weighted by Gasteiger charge is -2.32. The molecule has 1 aliphatic heterocycles. The Kier molecular flexibility index (Phi) is 6.55. The predicted octanol–water partition coefficient (Wildman–Crippen LogP) is 4.51. The molecular formula is C24H21ClF2N2O3. The molecule has 4 rings (SSSR count). The van der Waals surface area contributed by atoms with Crippen LogP contribution < -0.4 is 10.3 Å². The number of hydrogen-bond donors (Lipinski definition) is 0. The van der Waals surface area contributed by atoms with E-state index in [-0.39, 0.29) is 29.9 Å². The van der Waals surface area contributed by atoms with Gasteiger partial charge in [-0.25, -0.2) is 8.78 Å². The van der Waals surface area contributed by atoms with Crippen LogP contribution in [0.4, 0.5) is 8.78 Å². The first-order valence-corrected chi connectivity index (χ1v) is 10.6. The van der Waals surface area contributed by atoms with Crippen LogP contribution in [0, 0.1) is 11.6 Å². The predicted molar refractivity (Wildman–Crippen MR) is 117 cm³/mol. The van der Waals surface area contributed by atoms with Crippen molar-refractivity contribution in [3.63, 3.8) is 0 Å². The summed E-state index contributed by atoms with van der Waals surface area (Å²) < 4.78 is 34.0. The minimum Gasteiger partial charge on any atom is -0.487 e. The van der Waals surface area contributed by atoms with E-state index < -0.39 is 11.6 Å². The third kappa shape index (κ3) is 4.99. The molecule has 2 heterocycles. The number of hydrogen-bond acceptors (Lipinski definition) is 3. The van der Waals surface area contributed by atoms with Gasteiger partial charge in [0.2, 0.25) is 0 Å². The van der Waals surface area contributed by atoms with E-state index in [0.717, 1.165) is 17.7 Å². The van der Waals surface area contributed by atoms with Gasteiger partial charge in [-0.1, -0.05) is 29.8 Å². The van der Waals surface area contributed by atoms with E-state index in [4.69, 9.17) is 16.3 Å². The Balaban J connectivity index is 1.41. The van der Waals surface area contributed by atoms with Crippen molar-refractivity contribution in [2.45, 2.75) is 25.5 Å². The fourth-order valence-corrected chi connectivity index (χ4v) is 3.90. The van der Waals surface area contributed by atoms with Gasteiger partial charge in [-0.3, -0.25) is 9.59 Å². The van der Waals surface area contributed by atoms with Crippen LogP contribution in [0.25, 0.3) is 0 Å². The fraction of sp³-hybridized carbons (Fsp3) is 0.250. The summed E-state index contributed by atoms with van der Waals surface area (Å²) in [6, 6.07) is 13.3. The van der Waals surface area contributed by atoms with Crippen LogP contribution in [-0.4, -0.2) is 34.6 Å². The number of pyridine rings is 1. The lowest BCUT2D eigenvalue weighted by atomic mass is 10.1. The quantitative estimate of drug-likeness (QED) is 0.565. The lowest BCUT2D eigenvalue weighted by Crippen LogP contribution is -2.42. The average molecular weight is 459 g/mol. The number of aromatic nitrogens is 1. The standard InChI is InChI=1S/C24H21ClF2N2O3/c25-20-4-2-1-3-16(20)14-29-15-17(5-8-23(29)30)24(31)28-11-9-19(10-12-28)32-22-7-6-18(26)13-21(22)27/h1-8,13,15,19H,9-12,14H2. The smallest absolute Gasteiger partial charge is 0.255 e. The number of nitrogens with zero attached hydrogens (tertiary/aromatic N) is 2. The van der Waals surface area contributed by atoms with E-state index in [0.29, 0.717) is 36.5 Å². The van der Waals surface area contributed by atoms with Crippen molar-refractivity contribution in [3.8, 4) is 5.75 Å². The molecule has 3 aromatic rings. The lowest BCUT2D eigenvalue weighted by molar-refractivity contribution is 0.0587. The SMILES string of the molecule is O=C(c1ccc(=O)n(Cc2ccccc2Cl)c1)N1CCC(Oc2ccc(F)cc2F)CC1. The molecule has 5 nitrogen and oxygen atoms in total. The second kappa shape index (κ2) is 9.53. The van der Waals surface area contributed by atoms with Gasteiger partial charge in [-0.2, -0.15) is 0 Å². The normalized spacial score (nSPS) is 14.4. The van der Waals surface area contributed by atoms with Crippen molar-refractivity contribution >= 4 is 17.5 Å². The van der Waals surface area contributed by atoms with Crippen LogP contribution in [0.15, 0.2) is 65.6 Å². The van der Waals surface area contributed by atoms with E-state index in [9.17, 15) is 18.4 Å². The molecule has 8 heteroatoms. The number of likely N-dealkylation sites (tertiary alicyclic amines) is 1. The number of ether oxygens (including phenoxy) is 1. The first-order chi connectivity index (χ1) is 15.4. The first-order valence-electron chi connectivity index (χ1n) is 10.3. The summed E-state index contributed by atoms with van der Waals surface area (Å²) in [5.41, 5.74) is 0.961. The van der Waals surface area contributed by atoms with Crippen LogP contribution in [0.2, 0.25) is 5.02 Å². The van der Waals surface area contributed by atoms with Crippen LogP contribution in [-0.2, 0) is 6.54 Å². The minimum atomic E-state index is -0.746. The Morgan fingerprint density at radius 1 is 1.06 bits per heavy atom. The molecule has 0 unspecified atom stereocenters. The molecule has 2 aromatic carbocycles. The maximum Gasteiger partial charge on any atom is 0.255 e. The number of carbonyl (C=O) groups excluding carboxylic acids is 1. The van der Waals surface area contributed by atoms with Gasteiger partial charge in [0, 0.05) is 49.3 Å². The Bertz CT molecular complexity index is 1190. The molecule has 0 radical (unpaired) electrons. The van der Waals surface area contributed by atoms with Gasteiger partial charge in [0.05, 0.1) is 12.1 Å². The summed E-state index contributed by atoms with van der Waals surface area (Å²) in [7, 11) is 0.